The van der Waals surface area contributed by atoms with Crippen LogP contribution in [0.5, 0.6) is 5.75 Å². The van der Waals surface area contributed by atoms with E-state index < -0.39 is 0 Å². The lowest BCUT2D eigenvalue weighted by Gasteiger charge is -2.07. The van der Waals surface area contributed by atoms with E-state index in [0.717, 1.165) is 13.8 Å². The predicted octanol–water partition coefficient (Wildman–Crippen LogP) is 3.26. The molecule has 13 heavy (non-hydrogen) atoms. The van der Waals surface area contributed by atoms with E-state index in [9.17, 15) is 4.79 Å². The average molecular weight is 355 g/mol. The number of ether oxygens (including phenoxy) is 1. The molecule has 4 heteroatoms. The Bertz CT molecular complexity index is 350. The second kappa shape index (κ2) is 4.41. The molecule has 0 atom stereocenters. The number of ketones is 1. The molecule has 0 radical (unpaired) electrons. The summed E-state index contributed by atoms with van der Waals surface area (Å²) in [5.41, 5.74) is 0.716. The van der Waals surface area contributed by atoms with Crippen molar-refractivity contribution in [1.29, 1.82) is 0 Å². The maximum atomic E-state index is 11.2. The summed E-state index contributed by atoms with van der Waals surface area (Å²) in [5, 5.41) is 0. The molecule has 0 saturated heterocycles. The van der Waals surface area contributed by atoms with E-state index in [4.69, 9.17) is 4.74 Å². The summed E-state index contributed by atoms with van der Waals surface area (Å²) in [7, 11) is 1.60. The molecule has 0 fully saturated rings. The Morgan fingerprint density at radius 2 is 2.15 bits per heavy atom. The minimum absolute atomic E-state index is 0.0627. The van der Waals surface area contributed by atoms with Gasteiger partial charge in [0.1, 0.15) is 5.75 Å². The molecule has 0 amide bonds. The lowest BCUT2D eigenvalue weighted by atomic mass is 10.1. The maximum absolute atomic E-state index is 11.2. The molecule has 0 aromatic heterocycles. The van der Waals surface area contributed by atoms with E-state index >= 15 is 0 Å². The van der Waals surface area contributed by atoms with Crippen molar-refractivity contribution in [2.75, 3.05) is 7.11 Å². The molecule has 0 N–H and O–H groups in total. The molecular weight excluding hydrogens is 347 g/mol. The number of carbonyl (C=O) groups excluding carboxylic acids is 1. The monoisotopic (exact) mass is 354 g/mol. The van der Waals surface area contributed by atoms with Crippen LogP contribution in [-0.2, 0) is 0 Å². The first kappa shape index (κ1) is 11.0. The molecule has 0 heterocycles. The van der Waals surface area contributed by atoms with Crippen LogP contribution in [0.2, 0.25) is 0 Å². The fourth-order valence-corrected chi connectivity index (χ4v) is 2.29. The van der Waals surface area contributed by atoms with Crippen LogP contribution < -0.4 is 4.74 Å². The molecule has 1 aromatic rings. The zero-order chi connectivity index (χ0) is 10.0. The van der Waals surface area contributed by atoms with E-state index in [1.54, 1.807) is 26.2 Å². The second-order valence-corrected chi connectivity index (χ2v) is 4.37. The van der Waals surface area contributed by atoms with Gasteiger partial charge in [0.05, 0.1) is 11.6 Å². The highest BCUT2D eigenvalue weighted by Gasteiger charge is 2.11. The molecule has 1 rings (SSSR count). The smallest absolute Gasteiger partial charge is 0.160 e. The lowest BCUT2D eigenvalue weighted by molar-refractivity contribution is 0.101. The van der Waals surface area contributed by atoms with Crippen molar-refractivity contribution in [3.05, 3.63) is 25.7 Å². The SMILES string of the molecule is COc1ccc(C(C)=O)c(I)c1Br. The number of methoxy groups -OCH3 is 1. The minimum atomic E-state index is 0.0627. The van der Waals surface area contributed by atoms with Crippen LogP contribution in [0.3, 0.4) is 0 Å². The normalized spacial score (nSPS) is 9.85. The van der Waals surface area contributed by atoms with Crippen molar-refractivity contribution >= 4 is 44.3 Å². The van der Waals surface area contributed by atoms with Crippen molar-refractivity contribution < 1.29 is 9.53 Å². The largest absolute Gasteiger partial charge is 0.496 e. The molecule has 0 unspecified atom stereocenters. The summed E-state index contributed by atoms with van der Waals surface area (Å²) in [5.74, 6) is 0.808. The number of rotatable bonds is 2. The molecule has 1 aromatic carbocycles. The Labute approximate surface area is 98.9 Å². The van der Waals surface area contributed by atoms with Crippen LogP contribution in [0, 0.1) is 3.57 Å². The van der Waals surface area contributed by atoms with Crippen LogP contribution in [0.4, 0.5) is 0 Å². The number of halogens is 2. The van der Waals surface area contributed by atoms with Gasteiger partial charge in [-0.1, -0.05) is 0 Å². The third-order valence-electron chi connectivity index (χ3n) is 1.65. The van der Waals surface area contributed by atoms with E-state index in [0.29, 0.717) is 5.56 Å². The number of carbonyl (C=O) groups is 1. The first-order chi connectivity index (χ1) is 6.07. The summed E-state index contributed by atoms with van der Waals surface area (Å²) < 4.78 is 6.83. The molecule has 0 aliphatic carbocycles. The standard InChI is InChI=1S/C9H8BrIO2/c1-5(12)6-3-4-7(13-2)8(10)9(6)11/h3-4H,1-2H3. The Balaban J connectivity index is 3.31. The van der Waals surface area contributed by atoms with Crippen LogP contribution >= 0.6 is 38.5 Å². The number of hydrogen-bond donors (Lipinski definition) is 0. The summed E-state index contributed by atoms with van der Waals surface area (Å²) in [4.78, 5) is 11.2. The zero-order valence-electron chi connectivity index (χ0n) is 7.23. The van der Waals surface area contributed by atoms with E-state index in [2.05, 4.69) is 38.5 Å². The van der Waals surface area contributed by atoms with Gasteiger partial charge in [0.25, 0.3) is 0 Å². The van der Waals surface area contributed by atoms with E-state index in [1.807, 2.05) is 0 Å². The number of benzene rings is 1. The van der Waals surface area contributed by atoms with Gasteiger partial charge in [0, 0.05) is 9.13 Å². The quantitative estimate of drug-likeness (QED) is 0.602. The van der Waals surface area contributed by atoms with Gasteiger partial charge < -0.3 is 4.74 Å². The highest BCUT2D eigenvalue weighted by atomic mass is 127. The Morgan fingerprint density at radius 1 is 1.54 bits per heavy atom. The van der Waals surface area contributed by atoms with Crippen LogP contribution in [0.15, 0.2) is 16.6 Å². The van der Waals surface area contributed by atoms with E-state index in [-0.39, 0.29) is 5.78 Å². The third-order valence-corrected chi connectivity index (χ3v) is 4.30. The molecule has 0 aliphatic heterocycles. The van der Waals surface area contributed by atoms with Gasteiger partial charge in [-0.2, -0.15) is 0 Å². The molecule has 70 valence electrons. The fourth-order valence-electron chi connectivity index (χ4n) is 0.961. The minimum Gasteiger partial charge on any atom is -0.496 e. The van der Waals surface area contributed by atoms with Crippen molar-refractivity contribution in [3.63, 3.8) is 0 Å². The Hall–Kier alpha value is -0.100. The maximum Gasteiger partial charge on any atom is 0.160 e. The molecule has 0 aliphatic rings. The zero-order valence-corrected chi connectivity index (χ0v) is 11.0. The van der Waals surface area contributed by atoms with Crippen molar-refractivity contribution in [3.8, 4) is 5.75 Å². The lowest BCUT2D eigenvalue weighted by Crippen LogP contribution is -1.98. The molecule has 2 nitrogen and oxygen atoms in total. The summed E-state index contributed by atoms with van der Waals surface area (Å²) in [6.45, 7) is 1.55. The molecular formula is C9H8BrIO2. The second-order valence-electron chi connectivity index (χ2n) is 2.50. The fraction of sp³-hybridized carbons (Fsp3) is 0.222. The Morgan fingerprint density at radius 3 is 2.62 bits per heavy atom. The molecule has 0 bridgehead atoms. The number of Topliss-reactive ketones (excluding diaryl/α,β-unsaturated/α-hetero) is 1. The van der Waals surface area contributed by atoms with Gasteiger partial charge in [-0.3, -0.25) is 4.79 Å². The molecule has 0 saturated carbocycles. The van der Waals surface area contributed by atoms with Crippen molar-refractivity contribution in [2.45, 2.75) is 6.92 Å². The summed E-state index contributed by atoms with van der Waals surface area (Å²) in [6.07, 6.45) is 0. The first-order valence-electron chi connectivity index (χ1n) is 3.61. The topological polar surface area (TPSA) is 26.3 Å². The molecule has 0 spiro atoms. The van der Waals surface area contributed by atoms with Gasteiger partial charge in [0.2, 0.25) is 0 Å². The summed E-state index contributed by atoms with van der Waals surface area (Å²) >= 11 is 5.50. The number of hydrogen-bond acceptors (Lipinski definition) is 2. The summed E-state index contributed by atoms with van der Waals surface area (Å²) in [6, 6.07) is 3.55. The predicted molar refractivity (Wildman–Crippen MR) is 63.4 cm³/mol. The van der Waals surface area contributed by atoms with Gasteiger partial charge in [-0.15, -0.1) is 0 Å². The van der Waals surface area contributed by atoms with Gasteiger partial charge in [-0.05, 0) is 57.6 Å². The Kier molecular flexibility index (Phi) is 3.73. The van der Waals surface area contributed by atoms with Crippen LogP contribution in [0.25, 0.3) is 0 Å². The van der Waals surface area contributed by atoms with E-state index in [1.165, 1.54) is 0 Å². The van der Waals surface area contributed by atoms with Crippen molar-refractivity contribution in [2.24, 2.45) is 0 Å². The van der Waals surface area contributed by atoms with Crippen LogP contribution in [-0.4, -0.2) is 12.9 Å². The highest BCUT2D eigenvalue weighted by Crippen LogP contribution is 2.32. The first-order valence-corrected chi connectivity index (χ1v) is 5.48. The van der Waals surface area contributed by atoms with Crippen molar-refractivity contribution in [1.82, 2.24) is 0 Å². The van der Waals surface area contributed by atoms with Gasteiger partial charge >= 0.3 is 0 Å². The van der Waals surface area contributed by atoms with Gasteiger partial charge in [-0.25, -0.2) is 0 Å². The average Bonchev–Trinajstić information content (AvgIpc) is 2.09. The van der Waals surface area contributed by atoms with Crippen LogP contribution in [0.1, 0.15) is 17.3 Å². The van der Waals surface area contributed by atoms with Gasteiger partial charge in [0.15, 0.2) is 5.78 Å². The highest BCUT2D eigenvalue weighted by molar-refractivity contribution is 14.1. The third kappa shape index (κ3) is 2.22.